The van der Waals surface area contributed by atoms with Gasteiger partial charge in [0.05, 0.1) is 11.3 Å². The van der Waals surface area contributed by atoms with Crippen LogP contribution >= 0.6 is 0 Å². The molecule has 4 aliphatic carbocycles. The van der Waals surface area contributed by atoms with Crippen molar-refractivity contribution in [3.63, 3.8) is 0 Å². The van der Waals surface area contributed by atoms with E-state index in [1.165, 1.54) is 16.7 Å². The van der Waals surface area contributed by atoms with Crippen LogP contribution in [0.5, 0.6) is 0 Å². The number of pyridine rings is 1. The molecule has 0 unspecified atom stereocenters. The Labute approximate surface area is 214 Å². The summed E-state index contributed by atoms with van der Waals surface area (Å²) < 4.78 is 0. The van der Waals surface area contributed by atoms with Crippen molar-refractivity contribution in [1.29, 1.82) is 0 Å². The molecule has 1 heterocycles. The van der Waals surface area contributed by atoms with Gasteiger partial charge in [0.2, 0.25) is 0 Å². The standard InChI is InChI=1S/C32H37NO3/c1-31-20-27(21-6-8-22(9-7-21)29-5-2-3-17-33-29)30-25-13-11-24(35)19-23(25)10-12-26(30)28(31)14-16-32(31,36)15-4-18-34/h2-3,5-9,17,19,26-28,34,36H,4,10-16,18,20H2,1H3/t26-,27+,28-,31+,32-/m0/s1. The fraction of sp³-hybridized carbons (Fsp3) is 0.500. The number of fused-ring (bicyclic) bond motifs is 4. The summed E-state index contributed by atoms with van der Waals surface area (Å²) in [5.41, 5.74) is 6.73. The zero-order chi connectivity index (χ0) is 24.9. The zero-order valence-corrected chi connectivity index (χ0v) is 21.2. The van der Waals surface area contributed by atoms with Crippen LogP contribution in [0, 0.1) is 17.3 Å². The molecule has 36 heavy (non-hydrogen) atoms. The largest absolute Gasteiger partial charge is 0.396 e. The minimum atomic E-state index is -0.735. The molecule has 0 aliphatic heterocycles. The number of aromatic nitrogens is 1. The van der Waals surface area contributed by atoms with Gasteiger partial charge >= 0.3 is 0 Å². The number of hydrogen-bond acceptors (Lipinski definition) is 4. The van der Waals surface area contributed by atoms with Crippen LogP contribution in [0.4, 0.5) is 0 Å². The molecule has 1 aromatic heterocycles. The van der Waals surface area contributed by atoms with Gasteiger partial charge in [-0.05, 0) is 98.1 Å². The Balaban J connectivity index is 1.45. The van der Waals surface area contributed by atoms with Crippen molar-refractivity contribution in [2.24, 2.45) is 17.3 Å². The molecule has 2 fully saturated rings. The number of benzene rings is 1. The van der Waals surface area contributed by atoms with E-state index in [-0.39, 0.29) is 23.7 Å². The second kappa shape index (κ2) is 9.08. The highest BCUT2D eigenvalue weighted by Gasteiger charge is 2.62. The highest BCUT2D eigenvalue weighted by Crippen LogP contribution is 2.67. The van der Waals surface area contributed by atoms with Crippen LogP contribution < -0.4 is 0 Å². The van der Waals surface area contributed by atoms with Gasteiger partial charge < -0.3 is 10.2 Å². The molecule has 2 aromatic rings. The fourth-order valence-electron chi connectivity index (χ4n) is 8.26. The molecule has 0 saturated heterocycles. The number of allylic oxidation sites excluding steroid dienone is 4. The van der Waals surface area contributed by atoms with Crippen molar-refractivity contribution >= 4 is 5.78 Å². The van der Waals surface area contributed by atoms with Crippen molar-refractivity contribution in [2.45, 2.75) is 76.2 Å². The maximum atomic E-state index is 12.3. The van der Waals surface area contributed by atoms with E-state index in [1.54, 1.807) is 5.57 Å². The number of hydrogen-bond donors (Lipinski definition) is 2. The van der Waals surface area contributed by atoms with Crippen LogP contribution in [0.2, 0.25) is 0 Å². The van der Waals surface area contributed by atoms with Gasteiger partial charge in [0.15, 0.2) is 5.78 Å². The first-order valence-electron chi connectivity index (χ1n) is 13.7. The molecular formula is C32H37NO3. The predicted octanol–water partition coefficient (Wildman–Crippen LogP) is 6.15. The Morgan fingerprint density at radius 3 is 2.64 bits per heavy atom. The molecule has 0 radical (unpaired) electrons. The normalized spacial score (nSPS) is 33.6. The number of carbonyl (C=O) groups excluding carboxylic acids is 1. The van der Waals surface area contributed by atoms with Gasteiger partial charge in [0, 0.05) is 36.1 Å². The van der Waals surface area contributed by atoms with Gasteiger partial charge in [-0.2, -0.15) is 0 Å². The lowest BCUT2D eigenvalue weighted by molar-refractivity contribution is -0.114. The number of aliphatic hydroxyl groups is 2. The maximum absolute atomic E-state index is 12.3. The Hall–Kier alpha value is -2.56. The predicted molar refractivity (Wildman–Crippen MR) is 141 cm³/mol. The molecule has 2 saturated carbocycles. The van der Waals surface area contributed by atoms with Crippen molar-refractivity contribution in [2.75, 3.05) is 6.61 Å². The second-order valence-electron chi connectivity index (χ2n) is 11.7. The fourth-order valence-corrected chi connectivity index (χ4v) is 8.26. The third-order valence-corrected chi connectivity index (χ3v) is 10.1. The van der Waals surface area contributed by atoms with E-state index >= 15 is 0 Å². The van der Waals surface area contributed by atoms with Gasteiger partial charge in [0.1, 0.15) is 0 Å². The molecule has 0 amide bonds. The number of rotatable bonds is 5. The van der Waals surface area contributed by atoms with E-state index in [0.29, 0.717) is 31.1 Å². The van der Waals surface area contributed by atoms with Crippen LogP contribution in [-0.2, 0) is 4.79 Å². The topological polar surface area (TPSA) is 70.4 Å². The van der Waals surface area contributed by atoms with E-state index in [4.69, 9.17) is 0 Å². The minimum Gasteiger partial charge on any atom is -0.396 e. The lowest BCUT2D eigenvalue weighted by Gasteiger charge is -2.55. The first-order chi connectivity index (χ1) is 17.4. The van der Waals surface area contributed by atoms with E-state index in [2.05, 4.69) is 36.2 Å². The van der Waals surface area contributed by atoms with Gasteiger partial charge in [-0.25, -0.2) is 0 Å². The summed E-state index contributed by atoms with van der Waals surface area (Å²) in [4.78, 5) is 16.8. The summed E-state index contributed by atoms with van der Waals surface area (Å²) in [5, 5.41) is 21.6. The summed E-state index contributed by atoms with van der Waals surface area (Å²) in [6, 6.07) is 14.9. The Morgan fingerprint density at radius 1 is 1.06 bits per heavy atom. The summed E-state index contributed by atoms with van der Waals surface area (Å²) in [6.07, 6.45) is 11.4. The average molecular weight is 484 g/mol. The van der Waals surface area contributed by atoms with Crippen LogP contribution in [-0.4, -0.2) is 33.2 Å². The molecular weight excluding hydrogens is 446 g/mol. The molecule has 6 rings (SSSR count). The summed E-state index contributed by atoms with van der Waals surface area (Å²) >= 11 is 0. The smallest absolute Gasteiger partial charge is 0.156 e. The second-order valence-corrected chi connectivity index (χ2v) is 11.7. The summed E-state index contributed by atoms with van der Waals surface area (Å²) in [6.45, 7) is 2.46. The number of carbonyl (C=O) groups is 1. The number of ketones is 1. The van der Waals surface area contributed by atoms with E-state index in [0.717, 1.165) is 49.8 Å². The average Bonchev–Trinajstić information content (AvgIpc) is 3.17. The quantitative estimate of drug-likeness (QED) is 0.535. The maximum Gasteiger partial charge on any atom is 0.156 e. The SMILES string of the molecule is C[C@@]12C[C@H](c3ccc(-c4ccccn4)cc3)C3=C4CCC(=O)C=C4CC[C@H]3[C@@H]1CC[C@@]2(O)CCCO. The summed E-state index contributed by atoms with van der Waals surface area (Å²) in [7, 11) is 0. The third-order valence-electron chi connectivity index (χ3n) is 10.1. The van der Waals surface area contributed by atoms with Crippen LogP contribution in [0.25, 0.3) is 11.3 Å². The van der Waals surface area contributed by atoms with Crippen molar-refractivity contribution in [3.8, 4) is 11.3 Å². The molecule has 2 N–H and O–H groups in total. The van der Waals surface area contributed by atoms with Crippen LogP contribution in [0.3, 0.4) is 0 Å². The minimum absolute atomic E-state index is 0.127. The molecule has 4 aliphatic rings. The highest BCUT2D eigenvalue weighted by atomic mass is 16.3. The first-order valence-corrected chi connectivity index (χ1v) is 13.7. The third kappa shape index (κ3) is 3.72. The summed E-state index contributed by atoms with van der Waals surface area (Å²) in [5.74, 6) is 1.41. The molecule has 0 bridgehead atoms. The zero-order valence-electron chi connectivity index (χ0n) is 21.2. The van der Waals surface area contributed by atoms with E-state index < -0.39 is 5.60 Å². The van der Waals surface area contributed by atoms with Gasteiger partial charge in [-0.3, -0.25) is 9.78 Å². The van der Waals surface area contributed by atoms with Gasteiger partial charge in [-0.15, -0.1) is 0 Å². The van der Waals surface area contributed by atoms with Crippen molar-refractivity contribution < 1.29 is 15.0 Å². The highest BCUT2D eigenvalue weighted by molar-refractivity contribution is 5.93. The Kier molecular flexibility index (Phi) is 6.00. The first kappa shape index (κ1) is 23.8. The van der Waals surface area contributed by atoms with Gasteiger partial charge in [0.25, 0.3) is 0 Å². The van der Waals surface area contributed by atoms with Crippen molar-refractivity contribution in [1.82, 2.24) is 4.98 Å². The monoisotopic (exact) mass is 483 g/mol. The molecule has 4 nitrogen and oxygen atoms in total. The lowest BCUT2D eigenvalue weighted by atomic mass is 9.51. The van der Waals surface area contributed by atoms with E-state index in [9.17, 15) is 15.0 Å². The lowest BCUT2D eigenvalue weighted by Crippen LogP contribution is -2.51. The molecule has 4 heteroatoms. The van der Waals surface area contributed by atoms with Crippen LogP contribution in [0.15, 0.2) is 71.5 Å². The molecule has 0 spiro atoms. The van der Waals surface area contributed by atoms with E-state index in [1.807, 2.05) is 30.5 Å². The molecule has 188 valence electrons. The number of aliphatic hydroxyl groups excluding tert-OH is 1. The molecule has 5 atom stereocenters. The Bertz CT molecular complexity index is 1210. The van der Waals surface area contributed by atoms with Crippen molar-refractivity contribution in [3.05, 3.63) is 77.0 Å². The Morgan fingerprint density at radius 2 is 1.89 bits per heavy atom. The number of nitrogens with zero attached hydrogens (tertiary/aromatic N) is 1. The van der Waals surface area contributed by atoms with Crippen LogP contribution in [0.1, 0.15) is 76.2 Å². The van der Waals surface area contributed by atoms with Gasteiger partial charge in [-0.1, -0.05) is 42.8 Å². The molecule has 1 aromatic carbocycles.